The molecule has 0 aromatic carbocycles. The van der Waals surface area contributed by atoms with E-state index < -0.39 is 0 Å². The zero-order valence-corrected chi connectivity index (χ0v) is 6.15. The Morgan fingerprint density at radius 1 is 1.78 bits per heavy atom. The van der Waals surface area contributed by atoms with E-state index in [0.717, 1.165) is 12.0 Å². The van der Waals surface area contributed by atoms with Gasteiger partial charge in [-0.05, 0) is 12.3 Å². The highest BCUT2D eigenvalue weighted by Crippen LogP contribution is 2.14. The minimum absolute atomic E-state index is 0.504. The van der Waals surface area contributed by atoms with Crippen LogP contribution in [0.25, 0.3) is 0 Å². The van der Waals surface area contributed by atoms with Gasteiger partial charge in [-0.25, -0.2) is 0 Å². The number of nitrogens with zero attached hydrogens (tertiary/aromatic N) is 1. The third-order valence-corrected chi connectivity index (χ3v) is 1.62. The van der Waals surface area contributed by atoms with Crippen molar-refractivity contribution in [2.24, 2.45) is 5.92 Å². The predicted molar refractivity (Wildman–Crippen MR) is 38.8 cm³/mol. The molecule has 0 aromatic heterocycles. The number of hydrogen-bond acceptors (Lipinski definition) is 1. The molecule has 0 rings (SSSR count). The summed E-state index contributed by atoms with van der Waals surface area (Å²) in [6.45, 7) is 7.99. The third-order valence-electron chi connectivity index (χ3n) is 1.62. The van der Waals surface area contributed by atoms with Gasteiger partial charge in [-0.2, -0.15) is 5.26 Å². The van der Waals surface area contributed by atoms with Crippen LogP contribution in [-0.4, -0.2) is 0 Å². The van der Waals surface area contributed by atoms with Crippen LogP contribution >= 0.6 is 0 Å². The van der Waals surface area contributed by atoms with Crippen LogP contribution in [0, 0.1) is 17.2 Å². The lowest BCUT2D eigenvalue weighted by molar-refractivity contribution is 0.646. The number of nitriles is 1. The average Bonchev–Trinajstić information content (AvgIpc) is 1.87. The van der Waals surface area contributed by atoms with E-state index in [1.807, 2.05) is 0 Å². The molecule has 1 nitrogen and oxygen atoms in total. The minimum atomic E-state index is 0.504. The maximum atomic E-state index is 8.27. The van der Waals surface area contributed by atoms with Gasteiger partial charge in [0, 0.05) is 0 Å². The molecule has 0 bridgehead atoms. The molecule has 0 N–H and O–H groups in total. The van der Waals surface area contributed by atoms with Crippen LogP contribution in [0.4, 0.5) is 0 Å². The molecule has 0 heterocycles. The van der Waals surface area contributed by atoms with Gasteiger partial charge in [0.15, 0.2) is 0 Å². The first-order valence-corrected chi connectivity index (χ1v) is 3.27. The van der Waals surface area contributed by atoms with E-state index in [-0.39, 0.29) is 0 Å². The summed E-state index contributed by atoms with van der Waals surface area (Å²) >= 11 is 0. The van der Waals surface area contributed by atoms with E-state index in [2.05, 4.69) is 26.5 Å². The van der Waals surface area contributed by atoms with Crippen LogP contribution in [0.3, 0.4) is 0 Å². The van der Waals surface area contributed by atoms with Gasteiger partial charge in [-0.3, -0.25) is 0 Å². The molecule has 0 amide bonds. The second-order valence-corrected chi connectivity index (χ2v) is 2.30. The van der Waals surface area contributed by atoms with Crippen molar-refractivity contribution in [3.05, 3.63) is 12.2 Å². The van der Waals surface area contributed by atoms with Gasteiger partial charge in [0.2, 0.25) is 0 Å². The Labute approximate surface area is 57.0 Å². The first-order valence-electron chi connectivity index (χ1n) is 3.27. The molecule has 1 atom stereocenters. The molecule has 9 heavy (non-hydrogen) atoms. The van der Waals surface area contributed by atoms with Gasteiger partial charge >= 0.3 is 0 Å². The van der Waals surface area contributed by atoms with Crippen LogP contribution < -0.4 is 0 Å². The Morgan fingerprint density at radius 2 is 2.33 bits per heavy atom. The normalized spacial score (nSPS) is 12.1. The van der Waals surface area contributed by atoms with Crippen LogP contribution in [0.5, 0.6) is 0 Å². The van der Waals surface area contributed by atoms with Crippen molar-refractivity contribution in [3.8, 4) is 6.07 Å². The van der Waals surface area contributed by atoms with Crippen LogP contribution in [-0.2, 0) is 0 Å². The van der Waals surface area contributed by atoms with Crippen molar-refractivity contribution in [2.45, 2.75) is 26.7 Å². The summed E-state index contributed by atoms with van der Waals surface area (Å²) in [5.74, 6) is 0.504. The zero-order chi connectivity index (χ0) is 7.28. The largest absolute Gasteiger partial charge is 0.198 e. The van der Waals surface area contributed by atoms with Crippen molar-refractivity contribution >= 4 is 0 Å². The van der Waals surface area contributed by atoms with E-state index in [4.69, 9.17) is 5.26 Å². The second kappa shape index (κ2) is 4.14. The Bertz CT molecular complexity index is 130. The lowest BCUT2D eigenvalue weighted by atomic mass is 9.98. The van der Waals surface area contributed by atoms with E-state index in [1.54, 1.807) is 0 Å². The van der Waals surface area contributed by atoms with Gasteiger partial charge in [0.05, 0.1) is 12.5 Å². The minimum Gasteiger partial charge on any atom is -0.198 e. The van der Waals surface area contributed by atoms with Gasteiger partial charge < -0.3 is 0 Å². The maximum Gasteiger partial charge on any atom is 0.0666 e. The highest BCUT2D eigenvalue weighted by molar-refractivity contribution is 5.04. The van der Waals surface area contributed by atoms with Crippen molar-refractivity contribution in [2.75, 3.05) is 0 Å². The molecular weight excluding hydrogens is 110 g/mol. The quantitative estimate of drug-likeness (QED) is 0.529. The molecule has 0 spiro atoms. The fraction of sp³-hybridized carbons (Fsp3) is 0.625. The molecular formula is C8H13N. The lowest BCUT2D eigenvalue weighted by Crippen LogP contribution is -1.94. The first kappa shape index (κ1) is 8.23. The Kier molecular flexibility index (Phi) is 3.79. The topological polar surface area (TPSA) is 23.8 Å². The predicted octanol–water partition coefficient (Wildman–Crippen LogP) is 2.50. The summed E-state index contributed by atoms with van der Waals surface area (Å²) in [4.78, 5) is 0. The highest BCUT2D eigenvalue weighted by atomic mass is 14.2. The monoisotopic (exact) mass is 123 g/mol. The SMILES string of the molecule is C=C(CC#N)C(C)CC. The van der Waals surface area contributed by atoms with Gasteiger partial charge in [-0.1, -0.05) is 26.0 Å². The van der Waals surface area contributed by atoms with E-state index >= 15 is 0 Å². The molecule has 0 radical (unpaired) electrons. The number of allylic oxidation sites excluding steroid dienone is 1. The lowest BCUT2D eigenvalue weighted by Gasteiger charge is -2.06. The standard InChI is InChI=1S/C8H13N/c1-4-7(2)8(3)5-6-9/h7H,3-5H2,1-2H3. The highest BCUT2D eigenvalue weighted by Gasteiger charge is 2.01. The third kappa shape index (κ3) is 2.92. The molecule has 0 saturated heterocycles. The summed E-state index contributed by atoms with van der Waals surface area (Å²) in [5.41, 5.74) is 1.06. The number of rotatable bonds is 3. The first-order chi connectivity index (χ1) is 4.22. The summed E-state index contributed by atoms with van der Waals surface area (Å²) in [5, 5.41) is 8.27. The zero-order valence-electron chi connectivity index (χ0n) is 6.15. The van der Waals surface area contributed by atoms with Crippen LogP contribution in [0.1, 0.15) is 26.7 Å². The Hall–Kier alpha value is -0.770. The second-order valence-electron chi connectivity index (χ2n) is 2.30. The molecule has 0 aromatic rings. The molecule has 1 unspecified atom stereocenters. The summed E-state index contributed by atoms with van der Waals surface area (Å²) in [6.07, 6.45) is 1.59. The molecule has 0 aliphatic rings. The van der Waals surface area contributed by atoms with Gasteiger partial charge in [0.1, 0.15) is 0 Å². The van der Waals surface area contributed by atoms with Crippen molar-refractivity contribution in [1.82, 2.24) is 0 Å². The number of hydrogen-bond donors (Lipinski definition) is 0. The van der Waals surface area contributed by atoms with Crippen molar-refractivity contribution < 1.29 is 0 Å². The van der Waals surface area contributed by atoms with Crippen molar-refractivity contribution in [1.29, 1.82) is 5.26 Å². The van der Waals surface area contributed by atoms with Crippen LogP contribution in [0.15, 0.2) is 12.2 Å². The van der Waals surface area contributed by atoms with E-state index in [9.17, 15) is 0 Å². The molecule has 1 heteroatoms. The Morgan fingerprint density at radius 3 is 2.67 bits per heavy atom. The summed E-state index contributed by atoms with van der Waals surface area (Å²) < 4.78 is 0. The van der Waals surface area contributed by atoms with E-state index in [0.29, 0.717) is 12.3 Å². The average molecular weight is 123 g/mol. The van der Waals surface area contributed by atoms with Crippen molar-refractivity contribution in [3.63, 3.8) is 0 Å². The summed E-state index contributed by atoms with van der Waals surface area (Å²) in [6, 6.07) is 2.08. The molecule has 0 saturated carbocycles. The molecule has 0 aliphatic heterocycles. The summed E-state index contributed by atoms with van der Waals surface area (Å²) in [7, 11) is 0. The van der Waals surface area contributed by atoms with Crippen LogP contribution in [0.2, 0.25) is 0 Å². The smallest absolute Gasteiger partial charge is 0.0666 e. The fourth-order valence-corrected chi connectivity index (χ4v) is 0.564. The molecule has 0 fully saturated rings. The fourth-order valence-electron chi connectivity index (χ4n) is 0.564. The molecule has 50 valence electrons. The molecule has 0 aliphatic carbocycles. The van der Waals surface area contributed by atoms with Gasteiger partial charge in [-0.15, -0.1) is 0 Å². The van der Waals surface area contributed by atoms with E-state index in [1.165, 1.54) is 0 Å². The van der Waals surface area contributed by atoms with Gasteiger partial charge in [0.25, 0.3) is 0 Å². The Balaban J connectivity index is 3.62. The maximum absolute atomic E-state index is 8.27.